The lowest BCUT2D eigenvalue weighted by Crippen LogP contribution is -2.15. The number of imidazole rings is 1. The molecule has 0 unspecified atom stereocenters. The number of halogens is 1. The number of nitrogens with two attached hydrogens (primary N) is 1. The van der Waals surface area contributed by atoms with Gasteiger partial charge in [-0.3, -0.25) is 4.57 Å². The summed E-state index contributed by atoms with van der Waals surface area (Å²) in [6.07, 6.45) is 0. The second-order valence-corrected chi connectivity index (χ2v) is 6.21. The fourth-order valence-electron chi connectivity index (χ4n) is 2.62. The van der Waals surface area contributed by atoms with E-state index in [0.717, 1.165) is 11.3 Å². The van der Waals surface area contributed by atoms with Gasteiger partial charge in [0, 0.05) is 6.07 Å². The van der Waals surface area contributed by atoms with Gasteiger partial charge < -0.3 is 5.73 Å². The Morgan fingerprint density at radius 2 is 1.81 bits per heavy atom. The maximum atomic E-state index is 13.6. The van der Waals surface area contributed by atoms with Crippen LogP contribution in [0.5, 0.6) is 0 Å². The van der Waals surface area contributed by atoms with Crippen molar-refractivity contribution in [3.05, 3.63) is 53.8 Å². The van der Waals surface area contributed by atoms with Gasteiger partial charge in [-0.05, 0) is 29.2 Å². The van der Waals surface area contributed by atoms with E-state index in [1.54, 1.807) is 6.07 Å². The molecule has 4 heteroatoms. The van der Waals surface area contributed by atoms with Crippen LogP contribution in [0.2, 0.25) is 0 Å². The quantitative estimate of drug-likeness (QED) is 0.732. The van der Waals surface area contributed by atoms with Gasteiger partial charge in [-0.2, -0.15) is 0 Å². The minimum Gasteiger partial charge on any atom is -0.369 e. The maximum absolute atomic E-state index is 13.6. The maximum Gasteiger partial charge on any atom is 0.205 e. The van der Waals surface area contributed by atoms with E-state index in [1.165, 1.54) is 12.1 Å². The molecule has 1 heterocycles. The average Bonchev–Trinajstić information content (AvgIpc) is 2.73. The number of hydrogen-bond donors (Lipinski definition) is 1. The Hall–Kier alpha value is -2.36. The molecule has 0 saturated heterocycles. The van der Waals surface area contributed by atoms with Crippen LogP contribution in [-0.2, 0) is 5.41 Å². The topological polar surface area (TPSA) is 43.8 Å². The molecule has 2 N–H and O–H groups in total. The van der Waals surface area contributed by atoms with E-state index in [4.69, 9.17) is 5.73 Å². The van der Waals surface area contributed by atoms with Crippen LogP contribution in [0.3, 0.4) is 0 Å². The van der Waals surface area contributed by atoms with Gasteiger partial charge in [0.25, 0.3) is 0 Å². The third-order valence-electron chi connectivity index (χ3n) is 3.60. The SMILES string of the molecule is CC(C)(C)c1ccccc1-n1c(N)nc2ccc(F)cc21. The summed E-state index contributed by atoms with van der Waals surface area (Å²) in [4.78, 5) is 4.33. The van der Waals surface area contributed by atoms with E-state index in [9.17, 15) is 4.39 Å². The predicted molar refractivity (Wildman–Crippen MR) is 84.1 cm³/mol. The van der Waals surface area contributed by atoms with Crippen molar-refractivity contribution in [1.29, 1.82) is 0 Å². The summed E-state index contributed by atoms with van der Waals surface area (Å²) in [7, 11) is 0. The highest BCUT2D eigenvalue weighted by molar-refractivity contribution is 5.81. The zero-order valence-electron chi connectivity index (χ0n) is 12.4. The van der Waals surface area contributed by atoms with Crippen LogP contribution >= 0.6 is 0 Å². The molecule has 0 spiro atoms. The lowest BCUT2D eigenvalue weighted by molar-refractivity contribution is 0.587. The highest BCUT2D eigenvalue weighted by atomic mass is 19.1. The number of hydrogen-bond acceptors (Lipinski definition) is 2. The first-order chi connectivity index (χ1) is 9.88. The van der Waals surface area contributed by atoms with Crippen LogP contribution in [0.1, 0.15) is 26.3 Å². The molecule has 0 aliphatic carbocycles. The normalized spacial score (nSPS) is 12.0. The first kappa shape index (κ1) is 13.6. The van der Waals surface area contributed by atoms with E-state index in [1.807, 2.05) is 22.8 Å². The molecule has 1 aromatic heterocycles. The number of anilines is 1. The van der Waals surface area contributed by atoms with Gasteiger partial charge in [0.2, 0.25) is 5.95 Å². The van der Waals surface area contributed by atoms with Crippen LogP contribution in [0.15, 0.2) is 42.5 Å². The summed E-state index contributed by atoms with van der Waals surface area (Å²) in [6, 6.07) is 12.5. The number of aromatic nitrogens is 2. The number of nitrogens with zero attached hydrogens (tertiary/aromatic N) is 2. The smallest absolute Gasteiger partial charge is 0.205 e. The van der Waals surface area contributed by atoms with Crippen molar-refractivity contribution in [2.45, 2.75) is 26.2 Å². The molecule has 0 fully saturated rings. The predicted octanol–water partition coefficient (Wildman–Crippen LogP) is 4.04. The molecule has 21 heavy (non-hydrogen) atoms. The van der Waals surface area contributed by atoms with E-state index in [-0.39, 0.29) is 11.2 Å². The Kier molecular flexibility index (Phi) is 2.97. The third kappa shape index (κ3) is 2.27. The summed E-state index contributed by atoms with van der Waals surface area (Å²) in [5.41, 5.74) is 9.48. The first-order valence-electron chi connectivity index (χ1n) is 6.91. The monoisotopic (exact) mass is 283 g/mol. The first-order valence-corrected chi connectivity index (χ1v) is 6.91. The van der Waals surface area contributed by atoms with Gasteiger partial charge in [-0.25, -0.2) is 9.37 Å². The zero-order chi connectivity index (χ0) is 15.2. The second-order valence-electron chi connectivity index (χ2n) is 6.21. The highest BCUT2D eigenvalue weighted by Crippen LogP contribution is 2.32. The Morgan fingerprint density at radius 3 is 2.52 bits per heavy atom. The van der Waals surface area contributed by atoms with Crippen LogP contribution in [0.4, 0.5) is 10.3 Å². The Balaban J connectivity index is 2.36. The van der Waals surface area contributed by atoms with E-state index in [0.29, 0.717) is 17.0 Å². The molecular weight excluding hydrogens is 265 g/mol. The molecule has 0 atom stereocenters. The van der Waals surface area contributed by atoms with Gasteiger partial charge in [-0.1, -0.05) is 39.0 Å². The Bertz CT molecular complexity index is 813. The fraction of sp³-hybridized carbons (Fsp3) is 0.235. The van der Waals surface area contributed by atoms with Crippen molar-refractivity contribution in [3.8, 4) is 5.69 Å². The molecule has 3 aromatic rings. The number of nitrogen functional groups attached to an aromatic ring is 1. The molecule has 2 aromatic carbocycles. The van der Waals surface area contributed by atoms with E-state index < -0.39 is 0 Å². The fourth-order valence-corrected chi connectivity index (χ4v) is 2.62. The van der Waals surface area contributed by atoms with Crippen LogP contribution in [-0.4, -0.2) is 9.55 Å². The lowest BCUT2D eigenvalue weighted by atomic mass is 9.85. The van der Waals surface area contributed by atoms with Crippen molar-refractivity contribution >= 4 is 17.0 Å². The van der Waals surface area contributed by atoms with E-state index in [2.05, 4.69) is 31.8 Å². The Labute approximate surface area is 123 Å². The molecule has 3 rings (SSSR count). The van der Waals surface area contributed by atoms with Crippen LogP contribution in [0.25, 0.3) is 16.7 Å². The van der Waals surface area contributed by atoms with Gasteiger partial charge in [0.05, 0.1) is 16.7 Å². The molecule has 0 saturated carbocycles. The molecule has 108 valence electrons. The average molecular weight is 283 g/mol. The highest BCUT2D eigenvalue weighted by Gasteiger charge is 2.21. The molecule has 0 aliphatic heterocycles. The second kappa shape index (κ2) is 4.58. The molecular formula is C17H18FN3. The minimum atomic E-state index is -0.295. The van der Waals surface area contributed by atoms with Gasteiger partial charge >= 0.3 is 0 Å². The van der Waals surface area contributed by atoms with Gasteiger partial charge in [-0.15, -0.1) is 0 Å². The Morgan fingerprint density at radius 1 is 1.10 bits per heavy atom. The van der Waals surface area contributed by atoms with Crippen molar-refractivity contribution in [3.63, 3.8) is 0 Å². The summed E-state index contributed by atoms with van der Waals surface area (Å²) >= 11 is 0. The van der Waals surface area contributed by atoms with Gasteiger partial charge in [0.1, 0.15) is 5.82 Å². The standard InChI is InChI=1S/C17H18FN3/c1-17(2,3)12-6-4-5-7-14(12)21-15-10-11(18)8-9-13(15)20-16(21)19/h4-10H,1-3H3,(H2,19,20). The summed E-state index contributed by atoms with van der Waals surface area (Å²) in [5.74, 6) is 0.0733. The molecule has 0 bridgehead atoms. The largest absolute Gasteiger partial charge is 0.369 e. The lowest BCUT2D eigenvalue weighted by Gasteiger charge is -2.23. The number of benzene rings is 2. The number of rotatable bonds is 1. The molecule has 3 nitrogen and oxygen atoms in total. The molecule has 0 radical (unpaired) electrons. The number of para-hydroxylation sites is 1. The molecule has 0 amide bonds. The minimum absolute atomic E-state index is 0.0487. The zero-order valence-corrected chi connectivity index (χ0v) is 12.4. The number of fused-ring (bicyclic) bond motifs is 1. The third-order valence-corrected chi connectivity index (χ3v) is 3.60. The van der Waals surface area contributed by atoms with Crippen molar-refractivity contribution in [1.82, 2.24) is 9.55 Å². The van der Waals surface area contributed by atoms with Crippen molar-refractivity contribution in [2.24, 2.45) is 0 Å². The van der Waals surface area contributed by atoms with Crippen molar-refractivity contribution < 1.29 is 4.39 Å². The van der Waals surface area contributed by atoms with Crippen LogP contribution in [0, 0.1) is 5.82 Å². The van der Waals surface area contributed by atoms with Crippen molar-refractivity contribution in [2.75, 3.05) is 5.73 Å². The van der Waals surface area contributed by atoms with Crippen LogP contribution < -0.4 is 5.73 Å². The van der Waals surface area contributed by atoms with Gasteiger partial charge in [0.15, 0.2) is 0 Å². The summed E-state index contributed by atoms with van der Waals surface area (Å²) in [5, 5.41) is 0. The molecule has 0 aliphatic rings. The summed E-state index contributed by atoms with van der Waals surface area (Å²) < 4.78 is 15.4. The van der Waals surface area contributed by atoms with E-state index >= 15 is 0 Å². The summed E-state index contributed by atoms with van der Waals surface area (Å²) in [6.45, 7) is 6.42.